The molecule has 0 saturated heterocycles. The summed E-state index contributed by atoms with van der Waals surface area (Å²) in [5.41, 5.74) is -0.518. The highest BCUT2D eigenvalue weighted by Crippen LogP contribution is 2.27. The van der Waals surface area contributed by atoms with Crippen LogP contribution in [0.15, 0.2) is 0 Å². The molecule has 524 valence electrons. The first kappa shape index (κ1) is 105. The molecule has 0 spiro atoms. The van der Waals surface area contributed by atoms with Crippen molar-refractivity contribution in [2.75, 3.05) is 112 Å². The Bertz CT molecular complexity index is 952. The largest absolute Gasteiger partial charge is 0.396 e. The highest BCUT2D eigenvalue weighted by Gasteiger charge is 2.25. The first-order chi connectivity index (χ1) is 40.1. The normalized spacial score (nSPS) is 12.3. The molecule has 0 rings (SSSR count). The third-order valence-corrected chi connectivity index (χ3v) is 13.1. The summed E-state index contributed by atoms with van der Waals surface area (Å²) in [6, 6.07) is 0. The van der Waals surface area contributed by atoms with Crippen LogP contribution in [-0.2, 0) is 0 Å². The molecule has 20 nitrogen and oxygen atoms in total. The Morgan fingerprint density at radius 3 is 0.786 bits per heavy atom. The van der Waals surface area contributed by atoms with E-state index in [0.717, 1.165) is 135 Å². The van der Waals surface area contributed by atoms with Crippen LogP contribution in [0, 0.1) is 28.6 Å². The van der Waals surface area contributed by atoms with Gasteiger partial charge in [-0.25, -0.2) is 0 Å². The number of rotatable bonds is 44. The van der Waals surface area contributed by atoms with Gasteiger partial charge in [0.15, 0.2) is 0 Å². The molecule has 0 aliphatic rings. The molecule has 0 aliphatic carbocycles. The molecule has 0 saturated carbocycles. The average Bonchev–Trinajstić information content (AvgIpc) is 3.52. The predicted octanol–water partition coefficient (Wildman–Crippen LogP) is 6.15. The third-order valence-electron chi connectivity index (χ3n) is 13.1. The van der Waals surface area contributed by atoms with Crippen LogP contribution in [0.2, 0.25) is 0 Å². The van der Waals surface area contributed by atoms with E-state index >= 15 is 0 Å². The lowest BCUT2D eigenvalue weighted by atomic mass is 9.82. The second-order valence-corrected chi connectivity index (χ2v) is 22.3. The van der Waals surface area contributed by atoms with Gasteiger partial charge in [0, 0.05) is 76.9 Å². The number of hydrogen-bond acceptors (Lipinski definition) is 20. The van der Waals surface area contributed by atoms with Crippen LogP contribution >= 0.6 is 0 Å². The zero-order chi connectivity index (χ0) is 67.0. The number of unbranched alkanes of at least 4 members (excludes halogenated alkanes) is 14. The SMILES string of the molecule is CC(C)(CO)CO.CC(CCO)CCO.CC(O)CO.CCC(O)CC(CC)CO.CCCC(O)CC(CC)CO.CCCCC(CC)(CO)CO.OCCCCCCCCCCCCO.OCCCCCCO.OCCCCO.OCCO. The molecule has 84 heavy (non-hydrogen) atoms. The minimum Gasteiger partial charge on any atom is -0.396 e. The Labute approximate surface area is 515 Å². The highest BCUT2D eigenvalue weighted by atomic mass is 16.3. The van der Waals surface area contributed by atoms with E-state index in [9.17, 15) is 10.2 Å². The highest BCUT2D eigenvalue weighted by molar-refractivity contribution is 4.75. The van der Waals surface area contributed by atoms with Crippen molar-refractivity contribution in [1.29, 1.82) is 0 Å². The van der Waals surface area contributed by atoms with E-state index in [1.807, 2.05) is 34.6 Å². The van der Waals surface area contributed by atoms with Gasteiger partial charge in [-0.1, -0.05) is 159 Å². The summed E-state index contributed by atoms with van der Waals surface area (Å²) in [5, 5.41) is 169. The Morgan fingerprint density at radius 1 is 0.310 bits per heavy atom. The van der Waals surface area contributed by atoms with Crippen molar-refractivity contribution in [2.24, 2.45) is 28.6 Å². The summed E-state index contributed by atoms with van der Waals surface area (Å²) in [7, 11) is 0. The molecule has 20 heteroatoms. The summed E-state index contributed by atoms with van der Waals surface area (Å²) < 4.78 is 0. The molecule has 5 atom stereocenters. The van der Waals surface area contributed by atoms with Crippen LogP contribution in [0.5, 0.6) is 0 Å². The molecular weight excluding hydrogens is 1090 g/mol. The molecule has 0 fully saturated rings. The summed E-state index contributed by atoms with van der Waals surface area (Å²) in [6.07, 6.45) is 28.1. The van der Waals surface area contributed by atoms with Gasteiger partial charge in [0.2, 0.25) is 0 Å². The van der Waals surface area contributed by atoms with Crippen LogP contribution in [0.4, 0.5) is 0 Å². The van der Waals surface area contributed by atoms with Crippen molar-refractivity contribution in [1.82, 2.24) is 0 Å². The Kier molecular flexibility index (Phi) is 120. The quantitative estimate of drug-likeness (QED) is 0.0304. The molecule has 5 unspecified atom stereocenters. The fourth-order valence-electron chi connectivity index (χ4n) is 6.36. The van der Waals surface area contributed by atoms with Gasteiger partial charge in [-0.05, 0) is 115 Å². The molecule has 0 aromatic heterocycles. The smallest absolute Gasteiger partial charge is 0.0742 e. The maximum Gasteiger partial charge on any atom is 0.0742 e. The molecule has 20 N–H and O–H groups in total. The minimum absolute atomic E-state index is 0.0451. The maximum absolute atomic E-state index is 9.37. The zero-order valence-corrected chi connectivity index (χ0v) is 55.9. The fourth-order valence-corrected chi connectivity index (χ4v) is 6.36. The summed E-state index contributed by atoms with van der Waals surface area (Å²) in [5.74, 6) is 1.04. The van der Waals surface area contributed by atoms with Crippen molar-refractivity contribution in [2.45, 2.75) is 274 Å². The van der Waals surface area contributed by atoms with E-state index in [1.54, 1.807) is 13.8 Å². The van der Waals surface area contributed by atoms with E-state index in [4.69, 9.17) is 91.9 Å². The first-order valence-corrected chi connectivity index (χ1v) is 32.5. The number of aliphatic hydroxyl groups is 20. The van der Waals surface area contributed by atoms with E-state index in [1.165, 1.54) is 58.3 Å². The van der Waals surface area contributed by atoms with Gasteiger partial charge in [0.25, 0.3) is 0 Å². The van der Waals surface area contributed by atoms with Gasteiger partial charge in [-0.2, -0.15) is 0 Å². The summed E-state index contributed by atoms with van der Waals surface area (Å²) in [6.45, 7) is 21.8. The maximum atomic E-state index is 9.37. The predicted molar refractivity (Wildman–Crippen MR) is 344 cm³/mol. The van der Waals surface area contributed by atoms with E-state index in [0.29, 0.717) is 19.1 Å². The second kappa shape index (κ2) is 95.8. The Morgan fingerprint density at radius 2 is 0.607 bits per heavy atom. The van der Waals surface area contributed by atoms with E-state index in [-0.39, 0.29) is 134 Å². The molecule has 0 heterocycles. The van der Waals surface area contributed by atoms with E-state index < -0.39 is 6.10 Å². The van der Waals surface area contributed by atoms with Crippen LogP contribution in [0.1, 0.15) is 255 Å². The van der Waals surface area contributed by atoms with Gasteiger partial charge in [0.05, 0.1) is 64.6 Å². The summed E-state index contributed by atoms with van der Waals surface area (Å²) >= 11 is 0. The van der Waals surface area contributed by atoms with Crippen LogP contribution in [0.3, 0.4) is 0 Å². The third kappa shape index (κ3) is 112. The molecule has 0 aliphatic heterocycles. The Balaban J connectivity index is -0.0000000921. The van der Waals surface area contributed by atoms with Gasteiger partial charge in [-0.15, -0.1) is 0 Å². The minimum atomic E-state index is -0.560. The van der Waals surface area contributed by atoms with Crippen LogP contribution in [0.25, 0.3) is 0 Å². The van der Waals surface area contributed by atoms with Gasteiger partial charge in [-0.3, -0.25) is 0 Å². The summed E-state index contributed by atoms with van der Waals surface area (Å²) in [4.78, 5) is 0. The first-order valence-electron chi connectivity index (χ1n) is 32.5. The zero-order valence-electron chi connectivity index (χ0n) is 55.9. The lowest BCUT2D eigenvalue weighted by Gasteiger charge is -2.27. The van der Waals surface area contributed by atoms with Crippen LogP contribution in [-0.4, -0.2) is 233 Å². The molecular formula is C64H148O20. The second-order valence-electron chi connectivity index (χ2n) is 22.3. The molecule has 0 amide bonds. The van der Waals surface area contributed by atoms with Crippen molar-refractivity contribution < 1.29 is 102 Å². The Hall–Kier alpha value is -0.800. The molecule has 0 bridgehead atoms. The van der Waals surface area contributed by atoms with Gasteiger partial charge >= 0.3 is 0 Å². The molecule has 0 aromatic rings. The molecule has 0 aromatic carbocycles. The average molecular weight is 1240 g/mol. The number of hydrogen-bond donors (Lipinski definition) is 20. The van der Waals surface area contributed by atoms with Crippen molar-refractivity contribution in [3.05, 3.63) is 0 Å². The van der Waals surface area contributed by atoms with Gasteiger partial charge < -0.3 is 102 Å². The van der Waals surface area contributed by atoms with Crippen molar-refractivity contribution in [3.63, 3.8) is 0 Å². The van der Waals surface area contributed by atoms with E-state index in [2.05, 4.69) is 13.8 Å². The number of aliphatic hydroxyl groups excluding tert-OH is 20. The van der Waals surface area contributed by atoms with Crippen molar-refractivity contribution in [3.8, 4) is 0 Å². The fraction of sp³-hybridized carbons (Fsp3) is 1.00. The lowest BCUT2D eigenvalue weighted by Crippen LogP contribution is -2.28. The topological polar surface area (TPSA) is 405 Å². The van der Waals surface area contributed by atoms with Crippen LogP contribution < -0.4 is 0 Å². The van der Waals surface area contributed by atoms with Crippen molar-refractivity contribution >= 4 is 0 Å². The standard InChI is InChI=1S/C12H26O2.2C9H20O2.C8H18O2.2C6H14O2.C5H12O2.C4H10O2.C3H8O2.C2H6O2/c13-11-9-7-5-3-1-2-4-6-8-10-12-14;1-3-5-9(11)6-8(4-2)7-10;1-3-5-6-9(4-2,7-10)8-11;1-3-7(6-9)5-8(10)4-2;1-6(2-4-7)3-5-8;7-5-3-1-2-4-6-8;1-5(2,3-6)4-7;5-3-1-2-4-6;1-3(5)2-4;3-1-2-4/h13-14H,1-12H2;8-11H,3-7H2,1-2H3;10-11H,3-8H2,1-2H3;7-10H,3-6H2,1-2H3;6-8H,2-5H2,1H3;7-8H,1-6H2;6-7H,3-4H2,1-2H3;5-6H,1-4H2;3-5H,2H2,1H3;3-4H,1-2H2. The molecule has 0 radical (unpaired) electrons. The van der Waals surface area contributed by atoms with Gasteiger partial charge in [0.1, 0.15) is 0 Å². The lowest BCUT2D eigenvalue weighted by molar-refractivity contribution is 0.0420. The monoisotopic (exact) mass is 1240 g/mol.